The molecule has 0 aliphatic carbocycles. The summed E-state index contributed by atoms with van der Waals surface area (Å²) in [6.45, 7) is 4.11. The summed E-state index contributed by atoms with van der Waals surface area (Å²) in [7, 11) is 0. The lowest BCUT2D eigenvalue weighted by atomic mass is 9.95. The number of nitrogens with one attached hydrogen (secondary N) is 1. The molecule has 2 aromatic heterocycles. The second kappa shape index (κ2) is 5.78. The lowest BCUT2D eigenvalue weighted by Gasteiger charge is -2.41. The minimum absolute atomic E-state index is 0.267. The molecular formula is C17H15ClFN8+. The minimum Gasteiger partial charge on any atom is -0.364 e. The monoisotopic (exact) mass is 385 g/mol. The van der Waals surface area contributed by atoms with Gasteiger partial charge in [-0.3, -0.25) is 0 Å². The summed E-state index contributed by atoms with van der Waals surface area (Å²) < 4.78 is 15.9. The van der Waals surface area contributed by atoms with Crippen molar-refractivity contribution in [3.8, 4) is 0 Å². The minimum atomic E-state index is -0.728. The van der Waals surface area contributed by atoms with Gasteiger partial charge in [0.1, 0.15) is 18.6 Å². The predicted molar refractivity (Wildman–Crippen MR) is 100.0 cm³/mol. The molecule has 0 radical (unpaired) electrons. The average Bonchev–Trinajstić information content (AvgIpc) is 3.29. The number of halogens is 2. The second-order valence-electron chi connectivity index (χ2n) is 6.76. The number of fused-ring (bicyclic) bond motifs is 4. The molecule has 1 fully saturated rings. The number of rotatable bonds is 2. The van der Waals surface area contributed by atoms with Crippen LogP contribution >= 0.6 is 11.6 Å². The first kappa shape index (κ1) is 16.2. The number of aromatic nitrogens is 3. The maximum atomic E-state index is 14.2. The first-order valence-electron chi connectivity index (χ1n) is 8.43. The Balaban J connectivity index is 1.60. The van der Waals surface area contributed by atoms with Crippen molar-refractivity contribution in [2.45, 2.75) is 12.0 Å². The van der Waals surface area contributed by atoms with Gasteiger partial charge in [0.25, 0.3) is 0 Å². The average molecular weight is 386 g/mol. The Morgan fingerprint density at radius 3 is 3.11 bits per heavy atom. The summed E-state index contributed by atoms with van der Waals surface area (Å²) in [5.74, 6) is 1.24. The molecule has 2 aromatic rings. The van der Waals surface area contributed by atoms with Gasteiger partial charge in [-0.25, -0.2) is 4.39 Å². The van der Waals surface area contributed by atoms with Gasteiger partial charge in [0.15, 0.2) is 11.0 Å². The molecule has 10 heteroatoms. The zero-order valence-corrected chi connectivity index (χ0v) is 15.0. The molecule has 27 heavy (non-hydrogen) atoms. The molecule has 3 aliphatic heterocycles. The molecule has 0 spiro atoms. The zero-order valence-electron chi connectivity index (χ0n) is 14.2. The van der Waals surface area contributed by atoms with Crippen LogP contribution in [0.1, 0.15) is 12.0 Å². The Kier molecular flexibility index (Phi) is 3.48. The highest BCUT2D eigenvalue weighted by atomic mass is 35.5. The second-order valence-corrected chi connectivity index (χ2v) is 7.15. The third-order valence-electron chi connectivity index (χ3n) is 5.16. The van der Waals surface area contributed by atoms with Crippen LogP contribution in [-0.2, 0) is 0 Å². The van der Waals surface area contributed by atoms with E-state index < -0.39 is 12.2 Å². The lowest BCUT2D eigenvalue weighted by molar-refractivity contribution is -0.452. The summed E-state index contributed by atoms with van der Waals surface area (Å²) in [4.78, 5) is 6.44. The van der Waals surface area contributed by atoms with Crippen LogP contribution in [0.25, 0.3) is 6.08 Å². The van der Waals surface area contributed by atoms with E-state index in [2.05, 4.69) is 37.4 Å². The van der Waals surface area contributed by atoms with E-state index >= 15 is 0 Å². The van der Waals surface area contributed by atoms with E-state index in [9.17, 15) is 4.39 Å². The van der Waals surface area contributed by atoms with Crippen LogP contribution in [0.4, 0.5) is 27.4 Å². The third kappa shape index (κ3) is 2.34. The molecule has 0 unspecified atom stereocenters. The van der Waals surface area contributed by atoms with Crippen LogP contribution in [0.5, 0.6) is 0 Å². The molecular weight excluding hydrogens is 371 g/mol. The highest BCUT2D eigenvalue weighted by molar-refractivity contribution is 6.29. The van der Waals surface area contributed by atoms with Crippen molar-refractivity contribution in [2.75, 3.05) is 30.0 Å². The number of hydrogen-bond donors (Lipinski definition) is 1. The molecule has 8 nitrogen and oxygen atoms in total. The summed E-state index contributed by atoms with van der Waals surface area (Å²) in [6, 6.07) is 3.58. The van der Waals surface area contributed by atoms with Crippen molar-refractivity contribution in [3.63, 3.8) is 0 Å². The predicted octanol–water partition coefficient (Wildman–Crippen LogP) is 3.31. The Morgan fingerprint density at radius 1 is 1.41 bits per heavy atom. The van der Waals surface area contributed by atoms with E-state index in [-0.39, 0.29) is 5.15 Å². The summed E-state index contributed by atoms with van der Waals surface area (Å²) in [5.41, 5.74) is 2.46. The van der Waals surface area contributed by atoms with E-state index in [4.69, 9.17) is 11.6 Å². The smallest absolute Gasteiger partial charge is 0.331 e. The molecule has 0 saturated carbocycles. The first-order chi connectivity index (χ1) is 13.1. The molecule has 136 valence electrons. The van der Waals surface area contributed by atoms with Gasteiger partial charge in [-0.1, -0.05) is 24.3 Å². The van der Waals surface area contributed by atoms with Crippen LogP contribution in [0, 0.1) is 0 Å². The molecule has 5 rings (SSSR count). The van der Waals surface area contributed by atoms with E-state index in [1.165, 1.54) is 0 Å². The summed E-state index contributed by atoms with van der Waals surface area (Å²) in [6.07, 6.45) is 3.91. The molecule has 0 bridgehead atoms. The highest BCUT2D eigenvalue weighted by Gasteiger charge is 2.50. The Morgan fingerprint density at radius 2 is 2.30 bits per heavy atom. The summed E-state index contributed by atoms with van der Waals surface area (Å²) >= 11 is 6.02. The number of pyridine rings is 1. The van der Waals surface area contributed by atoms with Gasteiger partial charge in [-0.05, 0) is 0 Å². The van der Waals surface area contributed by atoms with Crippen molar-refractivity contribution in [3.05, 3.63) is 35.6 Å². The number of hydrogen-bond acceptors (Lipinski definition) is 7. The van der Waals surface area contributed by atoms with Gasteiger partial charge < -0.3 is 10.2 Å². The fourth-order valence-electron chi connectivity index (χ4n) is 3.79. The molecule has 5 heterocycles. The molecule has 0 amide bonds. The first-order valence-corrected chi connectivity index (χ1v) is 8.81. The molecule has 1 saturated heterocycles. The fraction of sp³-hybridized carbons (Fsp3) is 0.294. The Bertz CT molecular complexity index is 1040. The van der Waals surface area contributed by atoms with E-state index in [0.717, 1.165) is 17.0 Å². The van der Waals surface area contributed by atoms with Crippen molar-refractivity contribution in [1.82, 2.24) is 15.2 Å². The van der Waals surface area contributed by atoms with Gasteiger partial charge in [-0.2, -0.15) is 0 Å². The Hall–Kier alpha value is -2.94. The number of anilines is 2. The zero-order chi connectivity index (χ0) is 18.6. The van der Waals surface area contributed by atoms with Crippen LogP contribution in [0.15, 0.2) is 35.2 Å². The third-order valence-corrected chi connectivity index (χ3v) is 5.35. The fourth-order valence-corrected chi connectivity index (χ4v) is 3.93. The number of alkyl halides is 1. The normalized spacial score (nSPS) is 25.0. The van der Waals surface area contributed by atoms with Crippen LogP contribution in [0.3, 0.4) is 0 Å². The van der Waals surface area contributed by atoms with Crippen LogP contribution in [-0.4, -0.2) is 50.9 Å². The van der Waals surface area contributed by atoms with E-state index in [0.29, 0.717) is 36.8 Å². The van der Waals surface area contributed by atoms with Crippen molar-refractivity contribution < 1.29 is 9.07 Å². The topological polar surface area (TPSA) is 81.7 Å². The van der Waals surface area contributed by atoms with Crippen molar-refractivity contribution >= 4 is 46.4 Å². The van der Waals surface area contributed by atoms with E-state index in [1.807, 2.05) is 11.0 Å². The van der Waals surface area contributed by atoms with Crippen LogP contribution in [0.2, 0.25) is 5.15 Å². The standard InChI is InChI=1S/C17H15ClFN8/c1-2-10-3-12-16(20-6-10)27(25-22-12)11-5-17(8-19)9-21-15-13(26(17)7-11)4-14(18)23-24-15/h2-4,6H,1,5,7-9H2,(H,21,24)/q+1/b27-11+/t17-/m0/s1. The molecule has 0 aromatic carbocycles. The molecule has 1 N–H and O–H groups in total. The SMILES string of the molecule is C=Cc1cnc2c(c1)N=N/[N+]2=C1/CN2c3cc(Cl)nnc3NC[C@@]2(CF)C1. The van der Waals surface area contributed by atoms with Gasteiger partial charge in [0.05, 0.1) is 23.0 Å². The quantitative estimate of drug-likeness (QED) is 0.802. The van der Waals surface area contributed by atoms with Gasteiger partial charge in [-0.15, -0.1) is 19.9 Å². The van der Waals surface area contributed by atoms with Crippen LogP contribution < -0.4 is 10.2 Å². The maximum absolute atomic E-state index is 14.2. The highest BCUT2D eigenvalue weighted by Crippen LogP contribution is 2.43. The van der Waals surface area contributed by atoms with E-state index in [1.54, 1.807) is 23.0 Å². The lowest BCUT2D eigenvalue weighted by Crippen LogP contribution is -2.54. The van der Waals surface area contributed by atoms with Gasteiger partial charge >= 0.3 is 5.82 Å². The molecule has 1 atom stereocenters. The van der Waals surface area contributed by atoms with Gasteiger partial charge in [0.2, 0.25) is 5.69 Å². The largest absolute Gasteiger partial charge is 0.364 e. The Labute approximate surface area is 159 Å². The summed E-state index contributed by atoms with van der Waals surface area (Å²) in [5, 5.41) is 19.8. The van der Waals surface area contributed by atoms with Crippen molar-refractivity contribution in [2.24, 2.45) is 10.3 Å². The molecule has 3 aliphatic rings. The maximum Gasteiger partial charge on any atom is 0.331 e. The van der Waals surface area contributed by atoms with Crippen molar-refractivity contribution in [1.29, 1.82) is 0 Å². The number of nitrogens with zero attached hydrogens (tertiary/aromatic N) is 7. The van der Waals surface area contributed by atoms with Gasteiger partial charge in [0, 0.05) is 35.8 Å².